The van der Waals surface area contributed by atoms with Crippen molar-refractivity contribution in [2.24, 2.45) is 5.92 Å². The lowest BCUT2D eigenvalue weighted by molar-refractivity contribution is -0.0910. The van der Waals surface area contributed by atoms with Crippen molar-refractivity contribution in [3.05, 3.63) is 54.6 Å². The van der Waals surface area contributed by atoms with Gasteiger partial charge in [-0.05, 0) is 37.8 Å². The second-order valence-corrected chi connectivity index (χ2v) is 7.09. The largest absolute Gasteiger partial charge is 0.368 e. The van der Waals surface area contributed by atoms with Crippen molar-refractivity contribution in [3.63, 3.8) is 0 Å². The molecule has 1 fully saturated rings. The molecule has 0 N–H and O–H groups in total. The van der Waals surface area contributed by atoms with Gasteiger partial charge in [0.25, 0.3) is 5.89 Å². The number of halogens is 2. The van der Waals surface area contributed by atoms with Gasteiger partial charge in [0.1, 0.15) is 5.60 Å². The van der Waals surface area contributed by atoms with Gasteiger partial charge in [0, 0.05) is 30.4 Å². The molecule has 4 rings (SSSR count). The summed E-state index contributed by atoms with van der Waals surface area (Å²) < 4.78 is 37.0. The molecule has 1 aliphatic carbocycles. The maximum atomic E-state index is 13.0. The molecule has 0 unspecified atom stereocenters. The highest BCUT2D eigenvalue weighted by Gasteiger charge is 2.43. The summed E-state index contributed by atoms with van der Waals surface area (Å²) in [6.07, 6.45) is 1.01. The Morgan fingerprint density at radius 3 is 2.43 bits per heavy atom. The summed E-state index contributed by atoms with van der Waals surface area (Å²) in [5.41, 5.74) is 1.81. The van der Waals surface area contributed by atoms with Crippen molar-refractivity contribution in [2.45, 2.75) is 37.7 Å². The number of nitrogens with zero attached hydrogens (tertiary/aromatic N) is 3. The molecule has 1 saturated carbocycles. The predicted molar refractivity (Wildman–Crippen MR) is 99.6 cm³/mol. The van der Waals surface area contributed by atoms with Crippen LogP contribution in [0.3, 0.4) is 0 Å². The van der Waals surface area contributed by atoms with Crippen molar-refractivity contribution in [3.8, 4) is 22.6 Å². The second kappa shape index (κ2) is 7.75. The van der Waals surface area contributed by atoms with E-state index in [4.69, 9.17) is 9.26 Å². The summed E-state index contributed by atoms with van der Waals surface area (Å²) in [4.78, 5) is 8.97. The average Bonchev–Trinajstić information content (AvgIpc) is 3.25. The number of ether oxygens (including phenoxy) is 1. The minimum Gasteiger partial charge on any atom is -0.368 e. The maximum absolute atomic E-state index is 13.0. The Hall–Kier alpha value is -2.67. The molecule has 3 aromatic rings. The zero-order valence-electron chi connectivity index (χ0n) is 15.5. The Bertz CT molecular complexity index is 905. The zero-order chi connectivity index (χ0) is 19.6. The molecule has 7 heteroatoms. The molecule has 1 aromatic carbocycles. The van der Waals surface area contributed by atoms with E-state index in [1.54, 1.807) is 13.3 Å². The first-order valence-electron chi connectivity index (χ1n) is 9.31. The molecule has 0 amide bonds. The van der Waals surface area contributed by atoms with Crippen LogP contribution in [-0.4, -0.2) is 28.7 Å². The van der Waals surface area contributed by atoms with Crippen LogP contribution < -0.4 is 0 Å². The fourth-order valence-corrected chi connectivity index (χ4v) is 3.70. The van der Waals surface area contributed by atoms with E-state index in [9.17, 15) is 8.78 Å². The van der Waals surface area contributed by atoms with Gasteiger partial charge < -0.3 is 9.26 Å². The van der Waals surface area contributed by atoms with Crippen LogP contribution in [0.1, 0.15) is 31.6 Å². The van der Waals surface area contributed by atoms with Gasteiger partial charge in [-0.2, -0.15) is 4.98 Å². The van der Waals surface area contributed by atoms with Crippen molar-refractivity contribution >= 4 is 0 Å². The fourth-order valence-electron chi connectivity index (χ4n) is 3.70. The molecule has 0 radical (unpaired) electrons. The number of alkyl halides is 2. The van der Waals surface area contributed by atoms with Gasteiger partial charge in [-0.1, -0.05) is 35.5 Å². The van der Waals surface area contributed by atoms with Gasteiger partial charge in [-0.25, -0.2) is 8.78 Å². The van der Waals surface area contributed by atoms with E-state index in [1.807, 2.05) is 42.5 Å². The Balaban J connectivity index is 1.54. The van der Waals surface area contributed by atoms with Gasteiger partial charge in [0.15, 0.2) is 0 Å². The lowest BCUT2D eigenvalue weighted by Gasteiger charge is -2.35. The van der Waals surface area contributed by atoms with E-state index in [0.29, 0.717) is 37.4 Å². The molecule has 5 nitrogen and oxygen atoms in total. The number of hydrogen-bond donors (Lipinski definition) is 0. The first kappa shape index (κ1) is 18.7. The lowest BCUT2D eigenvalue weighted by Crippen LogP contribution is -2.35. The molecule has 2 aromatic heterocycles. The summed E-state index contributed by atoms with van der Waals surface area (Å²) in [7, 11) is 1.56. The smallest absolute Gasteiger partial charge is 0.259 e. The van der Waals surface area contributed by atoms with E-state index < -0.39 is 17.9 Å². The monoisotopic (exact) mass is 385 g/mol. The fraction of sp³-hybridized carbons (Fsp3) is 0.381. The number of rotatable bonds is 5. The van der Waals surface area contributed by atoms with Crippen molar-refractivity contribution in [2.75, 3.05) is 7.11 Å². The number of methoxy groups -OCH3 is 1. The minimum absolute atomic E-state index is 0.338. The molecular weight excluding hydrogens is 364 g/mol. The van der Waals surface area contributed by atoms with Crippen LogP contribution in [0, 0.1) is 5.92 Å². The topological polar surface area (TPSA) is 61.0 Å². The first-order valence-corrected chi connectivity index (χ1v) is 9.31. The Kier molecular flexibility index (Phi) is 5.17. The number of pyridine rings is 1. The Morgan fingerprint density at radius 1 is 1.07 bits per heavy atom. The van der Waals surface area contributed by atoms with Gasteiger partial charge in [0.2, 0.25) is 12.2 Å². The summed E-state index contributed by atoms with van der Waals surface area (Å²) in [6, 6.07) is 13.7. The average molecular weight is 385 g/mol. The van der Waals surface area contributed by atoms with Crippen molar-refractivity contribution in [1.29, 1.82) is 0 Å². The highest BCUT2D eigenvalue weighted by atomic mass is 19.3. The Labute approximate surface area is 161 Å². The molecule has 28 heavy (non-hydrogen) atoms. The molecule has 0 aliphatic heterocycles. The maximum Gasteiger partial charge on any atom is 0.259 e. The van der Waals surface area contributed by atoms with E-state index in [-0.39, 0.29) is 0 Å². The zero-order valence-corrected chi connectivity index (χ0v) is 15.5. The molecule has 0 atom stereocenters. The first-order chi connectivity index (χ1) is 13.6. The van der Waals surface area contributed by atoms with Crippen LogP contribution in [0.15, 0.2) is 53.2 Å². The third kappa shape index (κ3) is 3.54. The Morgan fingerprint density at radius 2 is 1.82 bits per heavy atom. The van der Waals surface area contributed by atoms with E-state index in [2.05, 4.69) is 15.1 Å². The number of benzene rings is 1. The predicted octanol–water partition coefficient (Wildman–Crippen LogP) is 5.10. The van der Waals surface area contributed by atoms with Crippen molar-refractivity contribution in [1.82, 2.24) is 15.1 Å². The summed E-state index contributed by atoms with van der Waals surface area (Å²) in [5, 5.41) is 4.06. The van der Waals surface area contributed by atoms with Crippen LogP contribution in [0.2, 0.25) is 0 Å². The molecule has 0 spiro atoms. The third-order valence-electron chi connectivity index (χ3n) is 5.49. The van der Waals surface area contributed by atoms with Gasteiger partial charge in [-0.15, -0.1) is 0 Å². The van der Waals surface area contributed by atoms with Crippen LogP contribution in [-0.2, 0) is 10.3 Å². The summed E-state index contributed by atoms with van der Waals surface area (Å²) in [5.74, 6) is 0.153. The molecular formula is C21H21F2N3O2. The molecule has 1 aliphatic rings. The molecule has 0 saturated heterocycles. The normalized spacial score (nSPS) is 22.5. The van der Waals surface area contributed by atoms with Gasteiger partial charge in [-0.3, -0.25) is 4.98 Å². The van der Waals surface area contributed by atoms with Gasteiger partial charge >= 0.3 is 0 Å². The van der Waals surface area contributed by atoms with Crippen LogP contribution in [0.4, 0.5) is 8.78 Å². The van der Waals surface area contributed by atoms with Crippen molar-refractivity contribution < 1.29 is 18.0 Å². The van der Waals surface area contributed by atoms with Crippen LogP contribution >= 0.6 is 0 Å². The van der Waals surface area contributed by atoms with E-state index in [0.717, 1.165) is 16.8 Å². The number of hydrogen-bond acceptors (Lipinski definition) is 5. The quantitative estimate of drug-likeness (QED) is 0.612. The molecule has 2 heterocycles. The standard InChI is InChI=1S/C21H21F2N3O2/c1-27-21(11-9-15(10-12-21)18(22)23)20-25-19(26-28-20)16-7-8-17(24-13-16)14-5-3-2-4-6-14/h2-8,13,15,18H,9-12H2,1H3. The third-order valence-corrected chi connectivity index (χ3v) is 5.49. The summed E-state index contributed by atoms with van der Waals surface area (Å²) >= 11 is 0. The van der Waals surface area contributed by atoms with Crippen LogP contribution in [0.25, 0.3) is 22.6 Å². The van der Waals surface area contributed by atoms with Gasteiger partial charge in [0.05, 0.1) is 5.69 Å². The minimum atomic E-state index is -2.30. The highest BCUT2D eigenvalue weighted by molar-refractivity contribution is 5.62. The second-order valence-electron chi connectivity index (χ2n) is 7.09. The van der Waals surface area contributed by atoms with Crippen LogP contribution in [0.5, 0.6) is 0 Å². The number of aromatic nitrogens is 3. The van der Waals surface area contributed by atoms with E-state index >= 15 is 0 Å². The molecule has 0 bridgehead atoms. The molecule has 146 valence electrons. The summed E-state index contributed by atoms with van der Waals surface area (Å²) in [6.45, 7) is 0. The SMILES string of the molecule is COC1(c2nc(-c3ccc(-c4ccccc4)nc3)no2)CCC(C(F)F)CC1. The highest BCUT2D eigenvalue weighted by Crippen LogP contribution is 2.43. The van der Waals surface area contributed by atoms with E-state index in [1.165, 1.54) is 0 Å². The lowest BCUT2D eigenvalue weighted by atomic mass is 9.78.